The summed E-state index contributed by atoms with van der Waals surface area (Å²) in [6.07, 6.45) is 4.47. The van der Waals surface area contributed by atoms with E-state index in [4.69, 9.17) is 9.97 Å². The van der Waals surface area contributed by atoms with Gasteiger partial charge in [0.1, 0.15) is 11.6 Å². The molecule has 4 aromatic rings. The highest BCUT2D eigenvalue weighted by molar-refractivity contribution is 5.83. The van der Waals surface area contributed by atoms with Crippen LogP contribution in [-0.4, -0.2) is 44.3 Å². The largest absolute Gasteiger partial charge is 0.320 e. The van der Waals surface area contributed by atoms with E-state index in [1.54, 1.807) is 12.1 Å². The van der Waals surface area contributed by atoms with Gasteiger partial charge in [-0.3, -0.25) is 0 Å². The number of aromatic nitrogens is 4. The molecule has 2 N–H and O–H groups in total. The fourth-order valence-electron chi connectivity index (χ4n) is 5.18. The van der Waals surface area contributed by atoms with E-state index < -0.39 is 0 Å². The molecule has 2 unspecified atom stereocenters. The van der Waals surface area contributed by atoms with Crippen molar-refractivity contribution in [1.29, 1.82) is 0 Å². The van der Waals surface area contributed by atoms with E-state index in [-0.39, 0.29) is 11.6 Å². The minimum atomic E-state index is -0.307. The van der Waals surface area contributed by atoms with Crippen LogP contribution in [0, 0.1) is 11.6 Å². The van der Waals surface area contributed by atoms with Gasteiger partial charge in [0.25, 0.3) is 0 Å². The highest BCUT2D eigenvalue weighted by Gasteiger charge is 2.25. The Morgan fingerprint density at radius 2 is 1.22 bits per heavy atom. The summed E-state index contributed by atoms with van der Waals surface area (Å²) in [7, 11) is 0. The van der Waals surface area contributed by atoms with Crippen molar-refractivity contribution in [3.8, 4) is 11.6 Å². The van der Waals surface area contributed by atoms with Crippen LogP contribution in [0.4, 0.5) is 8.78 Å². The molecule has 0 bridgehead atoms. The van der Waals surface area contributed by atoms with E-state index in [0.29, 0.717) is 34.8 Å². The quantitative estimate of drug-likeness (QED) is 0.499. The summed E-state index contributed by atoms with van der Waals surface area (Å²) in [6, 6.07) is 10.2. The van der Waals surface area contributed by atoms with E-state index >= 15 is 0 Å². The molecule has 0 amide bonds. The maximum absolute atomic E-state index is 14.0. The van der Waals surface area contributed by atoms with Gasteiger partial charge in [-0.05, 0) is 63.0 Å². The van der Waals surface area contributed by atoms with Crippen LogP contribution < -0.4 is 10.6 Å². The molecule has 2 aromatic heterocycles. The maximum Gasteiger partial charge on any atom is 0.177 e. The molecular formula is C24H26F2N6. The lowest BCUT2D eigenvalue weighted by atomic mass is 10.2. The zero-order valence-corrected chi connectivity index (χ0v) is 17.8. The molecular weight excluding hydrogens is 410 g/mol. The number of rotatable bonds is 5. The number of halogens is 2. The first-order valence-electron chi connectivity index (χ1n) is 11.4. The van der Waals surface area contributed by atoms with Gasteiger partial charge < -0.3 is 19.8 Å². The van der Waals surface area contributed by atoms with Crippen LogP contribution in [0.5, 0.6) is 0 Å². The van der Waals surface area contributed by atoms with Crippen molar-refractivity contribution in [2.24, 2.45) is 0 Å². The highest BCUT2D eigenvalue weighted by Crippen LogP contribution is 2.30. The average Bonchev–Trinajstić information content (AvgIpc) is 3.56. The number of imidazole rings is 2. The van der Waals surface area contributed by atoms with Gasteiger partial charge in [0, 0.05) is 37.3 Å². The van der Waals surface area contributed by atoms with E-state index in [1.807, 2.05) is 0 Å². The lowest BCUT2D eigenvalue weighted by Gasteiger charge is -2.17. The number of benzene rings is 2. The molecule has 6 nitrogen and oxygen atoms in total. The minimum Gasteiger partial charge on any atom is -0.320 e. The molecule has 2 atom stereocenters. The van der Waals surface area contributed by atoms with Crippen molar-refractivity contribution < 1.29 is 8.78 Å². The molecule has 0 spiro atoms. The fourth-order valence-corrected chi connectivity index (χ4v) is 5.18. The number of hydrogen-bond donors (Lipinski definition) is 2. The summed E-state index contributed by atoms with van der Waals surface area (Å²) >= 11 is 0. The zero-order valence-electron chi connectivity index (χ0n) is 17.8. The second kappa shape index (κ2) is 7.94. The molecule has 2 fully saturated rings. The van der Waals surface area contributed by atoms with Gasteiger partial charge in [-0.1, -0.05) is 0 Å². The first kappa shape index (κ1) is 19.8. The molecule has 32 heavy (non-hydrogen) atoms. The van der Waals surface area contributed by atoms with Gasteiger partial charge >= 0.3 is 0 Å². The third-order valence-corrected chi connectivity index (χ3v) is 6.75. The molecule has 2 aliphatic heterocycles. The van der Waals surface area contributed by atoms with Crippen LogP contribution in [0.2, 0.25) is 0 Å². The predicted octanol–water partition coefficient (Wildman–Crippen LogP) is 3.84. The summed E-state index contributed by atoms with van der Waals surface area (Å²) in [5.74, 6) is 0.791. The van der Waals surface area contributed by atoms with E-state index in [2.05, 4.69) is 19.8 Å². The van der Waals surface area contributed by atoms with Crippen LogP contribution >= 0.6 is 0 Å². The number of hydrogen-bond acceptors (Lipinski definition) is 4. The Morgan fingerprint density at radius 3 is 1.62 bits per heavy atom. The molecule has 2 aliphatic rings. The molecule has 166 valence electrons. The Bertz CT molecular complexity index is 1180. The molecule has 4 heterocycles. The molecule has 2 saturated heterocycles. The van der Waals surface area contributed by atoms with Gasteiger partial charge in [-0.15, -0.1) is 0 Å². The maximum atomic E-state index is 14.0. The van der Waals surface area contributed by atoms with Crippen molar-refractivity contribution in [2.45, 2.75) is 50.9 Å². The second-order valence-corrected chi connectivity index (χ2v) is 8.94. The van der Waals surface area contributed by atoms with Crippen LogP contribution in [-0.2, 0) is 13.1 Å². The van der Waals surface area contributed by atoms with Gasteiger partial charge in [0.15, 0.2) is 11.6 Å². The normalized spacial score (nSPS) is 21.3. The zero-order chi connectivity index (χ0) is 21.7. The van der Waals surface area contributed by atoms with Crippen LogP contribution in [0.15, 0.2) is 36.4 Å². The molecule has 0 saturated carbocycles. The van der Waals surface area contributed by atoms with Crippen LogP contribution in [0.3, 0.4) is 0 Å². The molecule has 8 heteroatoms. The summed E-state index contributed by atoms with van der Waals surface area (Å²) in [5, 5.41) is 7.10. The minimum absolute atomic E-state index is 0.307. The first-order valence-corrected chi connectivity index (χ1v) is 11.4. The third-order valence-electron chi connectivity index (χ3n) is 6.75. The highest BCUT2D eigenvalue weighted by atomic mass is 19.1. The van der Waals surface area contributed by atoms with Crippen LogP contribution in [0.25, 0.3) is 33.7 Å². The van der Waals surface area contributed by atoms with E-state index in [0.717, 1.165) is 62.9 Å². The Labute approximate surface area is 184 Å². The Morgan fingerprint density at radius 1 is 0.750 bits per heavy atom. The number of nitrogens with one attached hydrogen (secondary N) is 2. The third kappa shape index (κ3) is 3.47. The standard InChI is InChI=1S/C24H26F2N6/c25-15-5-7-21-19(11-15)29-23(31(21)13-17-3-1-9-27-17)24-30-20-12-16(26)6-8-22(20)32(24)14-18-4-2-10-28-18/h5-8,11-12,17-18,27-28H,1-4,9-10,13-14H2. The van der Waals surface area contributed by atoms with Crippen molar-refractivity contribution >= 4 is 22.1 Å². The Hall–Kier alpha value is -2.84. The predicted molar refractivity (Wildman–Crippen MR) is 120 cm³/mol. The first-order chi connectivity index (χ1) is 15.7. The van der Waals surface area contributed by atoms with Crippen molar-refractivity contribution in [3.05, 3.63) is 48.0 Å². The van der Waals surface area contributed by atoms with Gasteiger partial charge in [-0.25, -0.2) is 18.7 Å². The van der Waals surface area contributed by atoms with Crippen molar-refractivity contribution in [1.82, 2.24) is 29.7 Å². The lowest BCUT2D eigenvalue weighted by Crippen LogP contribution is -2.28. The smallest absolute Gasteiger partial charge is 0.177 e. The van der Waals surface area contributed by atoms with Gasteiger partial charge in [0.2, 0.25) is 0 Å². The summed E-state index contributed by atoms with van der Waals surface area (Å²) < 4.78 is 32.3. The second-order valence-electron chi connectivity index (χ2n) is 8.94. The Kier molecular flexibility index (Phi) is 4.91. The van der Waals surface area contributed by atoms with Crippen molar-refractivity contribution in [3.63, 3.8) is 0 Å². The molecule has 0 radical (unpaired) electrons. The summed E-state index contributed by atoms with van der Waals surface area (Å²) in [5.41, 5.74) is 3.00. The number of fused-ring (bicyclic) bond motifs is 2. The van der Waals surface area contributed by atoms with Gasteiger partial charge in [-0.2, -0.15) is 0 Å². The van der Waals surface area contributed by atoms with Crippen LogP contribution in [0.1, 0.15) is 25.7 Å². The summed E-state index contributed by atoms with van der Waals surface area (Å²) in [6.45, 7) is 3.48. The topological polar surface area (TPSA) is 59.7 Å². The fraction of sp³-hybridized carbons (Fsp3) is 0.417. The lowest BCUT2D eigenvalue weighted by molar-refractivity contribution is 0.508. The molecule has 6 rings (SSSR count). The Balaban J connectivity index is 1.54. The van der Waals surface area contributed by atoms with E-state index in [1.165, 1.54) is 24.3 Å². The monoisotopic (exact) mass is 436 g/mol. The molecule has 2 aromatic carbocycles. The van der Waals surface area contributed by atoms with E-state index in [9.17, 15) is 8.78 Å². The SMILES string of the molecule is Fc1ccc2c(c1)nc(-c1nc3cc(F)ccc3n1CC1CCCN1)n2CC1CCCN1. The summed E-state index contributed by atoms with van der Waals surface area (Å²) in [4.78, 5) is 9.67. The van der Waals surface area contributed by atoms with Gasteiger partial charge in [0.05, 0.1) is 22.1 Å². The number of nitrogens with zero attached hydrogens (tertiary/aromatic N) is 4. The van der Waals surface area contributed by atoms with Crippen molar-refractivity contribution in [2.75, 3.05) is 13.1 Å². The molecule has 0 aliphatic carbocycles. The average molecular weight is 437 g/mol.